The second-order valence-electron chi connectivity index (χ2n) is 4.65. The van der Waals surface area contributed by atoms with E-state index in [-0.39, 0.29) is 0 Å². The highest BCUT2D eigenvalue weighted by molar-refractivity contribution is 5.58. The molecule has 3 rings (SSSR count). The SMILES string of the molecule is Cc1cccc(Nc2nncc(Nc3ccccc3)n2)c1. The Morgan fingerprint density at radius 3 is 2.48 bits per heavy atom. The summed E-state index contributed by atoms with van der Waals surface area (Å²) in [6.07, 6.45) is 1.59. The Kier molecular flexibility index (Phi) is 3.73. The number of benzene rings is 2. The Balaban J connectivity index is 1.77. The van der Waals surface area contributed by atoms with Gasteiger partial charge in [0.05, 0.1) is 6.20 Å². The minimum Gasteiger partial charge on any atom is -0.339 e. The van der Waals surface area contributed by atoms with E-state index >= 15 is 0 Å². The Labute approximate surface area is 123 Å². The summed E-state index contributed by atoms with van der Waals surface area (Å²) in [5, 5.41) is 14.3. The lowest BCUT2D eigenvalue weighted by Crippen LogP contribution is -2.02. The van der Waals surface area contributed by atoms with Crippen LogP contribution < -0.4 is 10.6 Å². The van der Waals surface area contributed by atoms with E-state index in [9.17, 15) is 0 Å². The van der Waals surface area contributed by atoms with Gasteiger partial charge in [-0.3, -0.25) is 0 Å². The van der Waals surface area contributed by atoms with E-state index in [1.165, 1.54) is 5.56 Å². The molecule has 0 amide bonds. The smallest absolute Gasteiger partial charge is 0.249 e. The van der Waals surface area contributed by atoms with Gasteiger partial charge in [0.25, 0.3) is 0 Å². The number of nitrogens with zero attached hydrogens (tertiary/aromatic N) is 3. The molecule has 0 atom stereocenters. The average molecular weight is 277 g/mol. The molecule has 0 spiro atoms. The topological polar surface area (TPSA) is 62.7 Å². The first-order valence-electron chi connectivity index (χ1n) is 6.65. The predicted octanol–water partition coefficient (Wildman–Crippen LogP) is 3.67. The molecule has 0 unspecified atom stereocenters. The maximum atomic E-state index is 4.40. The van der Waals surface area contributed by atoms with Gasteiger partial charge in [-0.05, 0) is 36.8 Å². The van der Waals surface area contributed by atoms with Gasteiger partial charge in [0.15, 0.2) is 5.82 Å². The predicted molar refractivity (Wildman–Crippen MR) is 84.0 cm³/mol. The molecular formula is C16H15N5. The van der Waals surface area contributed by atoms with Crippen LogP contribution in [0.2, 0.25) is 0 Å². The van der Waals surface area contributed by atoms with Gasteiger partial charge in [-0.25, -0.2) is 0 Å². The van der Waals surface area contributed by atoms with Gasteiger partial charge in [-0.2, -0.15) is 10.1 Å². The van der Waals surface area contributed by atoms with Gasteiger partial charge >= 0.3 is 0 Å². The Morgan fingerprint density at radius 2 is 1.67 bits per heavy atom. The number of aromatic nitrogens is 3. The molecule has 21 heavy (non-hydrogen) atoms. The molecule has 5 heteroatoms. The number of hydrogen-bond donors (Lipinski definition) is 2. The number of aryl methyl sites for hydroxylation is 1. The van der Waals surface area contributed by atoms with E-state index in [0.29, 0.717) is 11.8 Å². The van der Waals surface area contributed by atoms with Crippen LogP contribution >= 0.6 is 0 Å². The van der Waals surface area contributed by atoms with Gasteiger partial charge in [-0.1, -0.05) is 30.3 Å². The fourth-order valence-electron chi connectivity index (χ4n) is 1.94. The van der Waals surface area contributed by atoms with Crippen molar-refractivity contribution in [2.24, 2.45) is 0 Å². The van der Waals surface area contributed by atoms with Crippen LogP contribution in [0.1, 0.15) is 5.56 Å². The zero-order chi connectivity index (χ0) is 14.5. The molecule has 0 saturated carbocycles. The van der Waals surface area contributed by atoms with Crippen molar-refractivity contribution >= 4 is 23.1 Å². The molecule has 0 radical (unpaired) electrons. The second kappa shape index (κ2) is 6.00. The molecular weight excluding hydrogens is 262 g/mol. The highest BCUT2D eigenvalue weighted by atomic mass is 15.3. The molecule has 104 valence electrons. The van der Waals surface area contributed by atoms with E-state index in [0.717, 1.165) is 11.4 Å². The van der Waals surface area contributed by atoms with Crippen LogP contribution in [0, 0.1) is 6.92 Å². The van der Waals surface area contributed by atoms with Crippen molar-refractivity contribution in [3.8, 4) is 0 Å². The minimum absolute atomic E-state index is 0.460. The summed E-state index contributed by atoms with van der Waals surface area (Å²) in [5.41, 5.74) is 3.07. The van der Waals surface area contributed by atoms with Crippen LogP contribution in [0.3, 0.4) is 0 Å². The largest absolute Gasteiger partial charge is 0.339 e. The molecule has 3 aromatic rings. The standard InChI is InChI=1S/C16H15N5/c1-12-6-5-9-14(10-12)19-16-20-15(11-17-21-16)18-13-7-3-2-4-8-13/h2-11H,1H3,(H2,18,19,20,21). The van der Waals surface area contributed by atoms with Crippen molar-refractivity contribution in [2.75, 3.05) is 10.6 Å². The first-order valence-corrected chi connectivity index (χ1v) is 6.65. The van der Waals surface area contributed by atoms with Gasteiger partial charge in [0.1, 0.15) is 0 Å². The van der Waals surface area contributed by atoms with Crippen LogP contribution in [-0.2, 0) is 0 Å². The molecule has 0 aliphatic rings. The summed E-state index contributed by atoms with van der Waals surface area (Å²) in [5.74, 6) is 1.10. The highest BCUT2D eigenvalue weighted by Gasteiger charge is 2.02. The number of rotatable bonds is 4. The van der Waals surface area contributed by atoms with Crippen LogP contribution in [0.25, 0.3) is 0 Å². The van der Waals surface area contributed by atoms with Crippen molar-refractivity contribution < 1.29 is 0 Å². The van der Waals surface area contributed by atoms with Crippen LogP contribution in [-0.4, -0.2) is 15.2 Å². The number of anilines is 4. The minimum atomic E-state index is 0.460. The lowest BCUT2D eigenvalue weighted by atomic mass is 10.2. The summed E-state index contributed by atoms with van der Waals surface area (Å²) in [7, 11) is 0. The fourth-order valence-corrected chi connectivity index (χ4v) is 1.94. The normalized spacial score (nSPS) is 10.1. The van der Waals surface area contributed by atoms with Crippen molar-refractivity contribution in [2.45, 2.75) is 6.92 Å². The lowest BCUT2D eigenvalue weighted by molar-refractivity contribution is 0.982. The molecule has 0 saturated heterocycles. The van der Waals surface area contributed by atoms with Gasteiger partial charge in [-0.15, -0.1) is 5.10 Å². The van der Waals surface area contributed by atoms with E-state index in [2.05, 4.69) is 25.8 Å². The van der Waals surface area contributed by atoms with Crippen molar-refractivity contribution in [1.29, 1.82) is 0 Å². The van der Waals surface area contributed by atoms with Gasteiger partial charge in [0, 0.05) is 11.4 Å². The van der Waals surface area contributed by atoms with Gasteiger partial charge in [0.2, 0.25) is 5.95 Å². The van der Waals surface area contributed by atoms with Crippen LogP contribution in [0.4, 0.5) is 23.1 Å². The number of para-hydroxylation sites is 1. The van der Waals surface area contributed by atoms with Crippen molar-refractivity contribution in [3.63, 3.8) is 0 Å². The molecule has 0 aliphatic heterocycles. The zero-order valence-electron chi connectivity index (χ0n) is 11.6. The zero-order valence-corrected chi connectivity index (χ0v) is 11.6. The van der Waals surface area contributed by atoms with Gasteiger partial charge < -0.3 is 10.6 Å². The third-order valence-corrected chi connectivity index (χ3v) is 2.88. The lowest BCUT2D eigenvalue weighted by Gasteiger charge is -2.08. The maximum Gasteiger partial charge on any atom is 0.249 e. The number of hydrogen-bond acceptors (Lipinski definition) is 5. The van der Waals surface area contributed by atoms with E-state index in [1.54, 1.807) is 6.20 Å². The van der Waals surface area contributed by atoms with Crippen LogP contribution in [0.15, 0.2) is 60.8 Å². The molecule has 0 bridgehead atoms. The van der Waals surface area contributed by atoms with E-state index in [1.807, 2.05) is 61.5 Å². The maximum absolute atomic E-state index is 4.40. The number of nitrogens with one attached hydrogen (secondary N) is 2. The van der Waals surface area contributed by atoms with E-state index < -0.39 is 0 Å². The first-order chi connectivity index (χ1) is 10.3. The third-order valence-electron chi connectivity index (χ3n) is 2.88. The Bertz CT molecular complexity index is 727. The van der Waals surface area contributed by atoms with Crippen molar-refractivity contribution in [1.82, 2.24) is 15.2 Å². The summed E-state index contributed by atoms with van der Waals surface area (Å²) < 4.78 is 0. The fraction of sp³-hybridized carbons (Fsp3) is 0.0625. The average Bonchev–Trinajstić information content (AvgIpc) is 2.49. The monoisotopic (exact) mass is 277 g/mol. The quantitative estimate of drug-likeness (QED) is 0.762. The third kappa shape index (κ3) is 3.54. The highest BCUT2D eigenvalue weighted by Crippen LogP contribution is 2.17. The summed E-state index contributed by atoms with van der Waals surface area (Å²) in [6.45, 7) is 2.04. The van der Waals surface area contributed by atoms with E-state index in [4.69, 9.17) is 0 Å². The molecule has 0 aliphatic carbocycles. The summed E-state index contributed by atoms with van der Waals surface area (Å²) in [6, 6.07) is 17.8. The summed E-state index contributed by atoms with van der Waals surface area (Å²) in [4.78, 5) is 4.40. The Morgan fingerprint density at radius 1 is 0.857 bits per heavy atom. The molecule has 1 aromatic heterocycles. The molecule has 2 aromatic carbocycles. The summed E-state index contributed by atoms with van der Waals surface area (Å²) >= 11 is 0. The molecule has 0 fully saturated rings. The first kappa shape index (κ1) is 13.1. The van der Waals surface area contributed by atoms with Crippen LogP contribution in [0.5, 0.6) is 0 Å². The molecule has 1 heterocycles. The molecule has 2 N–H and O–H groups in total. The Hall–Kier alpha value is -2.95. The second-order valence-corrected chi connectivity index (χ2v) is 4.65. The van der Waals surface area contributed by atoms with Crippen molar-refractivity contribution in [3.05, 3.63) is 66.4 Å². The molecule has 5 nitrogen and oxygen atoms in total.